The van der Waals surface area contributed by atoms with Crippen LogP contribution in [0.5, 0.6) is 0 Å². The minimum atomic E-state index is -3.76. The normalized spacial score (nSPS) is 13.5. The molecule has 0 aliphatic carbocycles. The van der Waals surface area contributed by atoms with E-state index in [9.17, 15) is 16.8 Å². The van der Waals surface area contributed by atoms with Crippen molar-refractivity contribution in [3.05, 3.63) is 60.4 Å². The predicted molar refractivity (Wildman–Crippen MR) is 97.3 cm³/mol. The zero-order chi connectivity index (χ0) is 18.3. The lowest BCUT2D eigenvalue weighted by Crippen LogP contribution is -2.33. The molecular weight excluding hydrogens is 360 g/mol. The van der Waals surface area contributed by atoms with Crippen molar-refractivity contribution < 1.29 is 16.8 Å². The molecule has 1 atom stereocenters. The molecular formula is C17H22N2O4S2. The van der Waals surface area contributed by atoms with Gasteiger partial charge in [-0.2, -0.15) is 0 Å². The Morgan fingerprint density at radius 3 is 2.36 bits per heavy atom. The lowest BCUT2D eigenvalue weighted by atomic mass is 10.2. The van der Waals surface area contributed by atoms with Crippen LogP contribution in [0.3, 0.4) is 0 Å². The molecule has 1 aromatic heterocycles. The van der Waals surface area contributed by atoms with Crippen LogP contribution in [0.4, 0.5) is 0 Å². The Hall–Kier alpha value is -1.77. The smallest absolute Gasteiger partial charge is 0.211 e. The molecule has 0 spiro atoms. The number of aromatic nitrogens is 1. The van der Waals surface area contributed by atoms with E-state index in [4.69, 9.17) is 0 Å². The molecule has 0 saturated carbocycles. The SMILES string of the molecule is CCCCS(=O)(=O)NC[C@H](c1cccnc1)S(=O)(=O)c1ccccc1. The molecule has 0 aliphatic heterocycles. The summed E-state index contributed by atoms with van der Waals surface area (Å²) in [5, 5.41) is -1.04. The topological polar surface area (TPSA) is 93.2 Å². The molecule has 8 heteroatoms. The van der Waals surface area contributed by atoms with Crippen molar-refractivity contribution in [1.82, 2.24) is 9.71 Å². The van der Waals surface area contributed by atoms with Crippen LogP contribution in [0.25, 0.3) is 0 Å². The Kier molecular flexibility index (Phi) is 6.69. The number of sulfonamides is 1. The van der Waals surface area contributed by atoms with E-state index in [-0.39, 0.29) is 17.2 Å². The predicted octanol–water partition coefficient (Wildman–Crippen LogP) is 2.32. The second-order valence-electron chi connectivity index (χ2n) is 5.65. The minimum Gasteiger partial charge on any atom is -0.264 e. The highest BCUT2D eigenvalue weighted by atomic mass is 32.2. The molecule has 2 aromatic rings. The molecule has 1 aromatic carbocycles. The molecule has 1 heterocycles. The summed E-state index contributed by atoms with van der Waals surface area (Å²) in [5.41, 5.74) is 0.449. The van der Waals surface area contributed by atoms with Crippen molar-refractivity contribution in [2.45, 2.75) is 29.9 Å². The van der Waals surface area contributed by atoms with Gasteiger partial charge in [-0.15, -0.1) is 0 Å². The summed E-state index contributed by atoms with van der Waals surface area (Å²) in [6.07, 6.45) is 4.26. The van der Waals surface area contributed by atoms with Gasteiger partial charge in [-0.3, -0.25) is 4.98 Å². The first kappa shape index (κ1) is 19.6. The molecule has 25 heavy (non-hydrogen) atoms. The van der Waals surface area contributed by atoms with Gasteiger partial charge in [0, 0.05) is 18.9 Å². The maximum absolute atomic E-state index is 13.0. The van der Waals surface area contributed by atoms with Crippen molar-refractivity contribution >= 4 is 19.9 Å². The van der Waals surface area contributed by atoms with E-state index in [1.165, 1.54) is 18.3 Å². The summed E-state index contributed by atoms with van der Waals surface area (Å²) < 4.78 is 52.6. The fraction of sp³-hybridized carbons (Fsp3) is 0.353. The van der Waals surface area contributed by atoms with Crippen molar-refractivity contribution in [2.24, 2.45) is 0 Å². The van der Waals surface area contributed by atoms with Gasteiger partial charge in [-0.05, 0) is 30.2 Å². The van der Waals surface area contributed by atoms with Crippen LogP contribution in [-0.4, -0.2) is 34.1 Å². The number of rotatable bonds is 9. The third kappa shape index (κ3) is 5.35. The maximum atomic E-state index is 13.0. The number of pyridine rings is 1. The van der Waals surface area contributed by atoms with Crippen molar-refractivity contribution in [1.29, 1.82) is 0 Å². The Morgan fingerprint density at radius 2 is 1.76 bits per heavy atom. The lowest BCUT2D eigenvalue weighted by molar-refractivity contribution is 0.566. The standard InChI is InChI=1S/C17H22N2O4S2/c1-2-3-12-24(20,21)19-14-17(15-8-7-11-18-13-15)25(22,23)16-9-5-4-6-10-16/h4-11,13,17,19H,2-3,12,14H2,1H3/t17-/m1/s1. The van der Waals surface area contributed by atoms with Gasteiger partial charge >= 0.3 is 0 Å². The van der Waals surface area contributed by atoms with Gasteiger partial charge in [0.1, 0.15) is 5.25 Å². The number of benzene rings is 1. The molecule has 0 amide bonds. The van der Waals surface area contributed by atoms with Crippen LogP contribution in [-0.2, 0) is 19.9 Å². The highest BCUT2D eigenvalue weighted by Gasteiger charge is 2.30. The molecule has 0 bridgehead atoms. The lowest BCUT2D eigenvalue weighted by Gasteiger charge is -2.18. The van der Waals surface area contributed by atoms with Gasteiger partial charge in [0.05, 0.1) is 10.6 Å². The summed E-state index contributed by atoms with van der Waals surface area (Å²) in [5.74, 6) is -0.0192. The van der Waals surface area contributed by atoms with Crippen LogP contribution >= 0.6 is 0 Å². The monoisotopic (exact) mass is 382 g/mol. The molecule has 0 fully saturated rings. The summed E-state index contributed by atoms with van der Waals surface area (Å²) in [6.45, 7) is 1.67. The van der Waals surface area contributed by atoms with Crippen molar-refractivity contribution in [2.75, 3.05) is 12.3 Å². The van der Waals surface area contributed by atoms with E-state index in [1.807, 2.05) is 6.92 Å². The van der Waals surface area contributed by atoms with Gasteiger partial charge in [0.15, 0.2) is 9.84 Å². The summed E-state index contributed by atoms with van der Waals surface area (Å²) in [6, 6.07) is 11.3. The van der Waals surface area contributed by atoms with E-state index >= 15 is 0 Å². The Labute approximate surface area is 149 Å². The van der Waals surface area contributed by atoms with Crippen LogP contribution in [0.2, 0.25) is 0 Å². The Bertz CT molecular complexity index is 867. The average molecular weight is 383 g/mol. The molecule has 0 unspecified atom stereocenters. The molecule has 1 N–H and O–H groups in total. The summed E-state index contributed by atoms with van der Waals surface area (Å²) >= 11 is 0. The molecule has 0 radical (unpaired) electrons. The fourth-order valence-electron chi connectivity index (χ4n) is 2.36. The van der Waals surface area contributed by atoms with E-state index in [0.29, 0.717) is 12.0 Å². The van der Waals surface area contributed by atoms with Crippen LogP contribution in [0.1, 0.15) is 30.6 Å². The molecule has 2 rings (SSSR count). The summed E-state index contributed by atoms with van der Waals surface area (Å²) in [7, 11) is -7.29. The first-order chi connectivity index (χ1) is 11.9. The number of unbranched alkanes of at least 4 members (excludes halogenated alkanes) is 1. The Morgan fingerprint density at radius 1 is 1.04 bits per heavy atom. The van der Waals surface area contributed by atoms with Gasteiger partial charge < -0.3 is 0 Å². The highest BCUT2D eigenvalue weighted by Crippen LogP contribution is 2.28. The number of hydrogen-bond acceptors (Lipinski definition) is 5. The minimum absolute atomic E-state index is 0.0192. The molecule has 0 saturated heterocycles. The number of sulfone groups is 1. The fourth-order valence-corrected chi connectivity index (χ4v) is 5.36. The van der Waals surface area contributed by atoms with Crippen LogP contribution < -0.4 is 4.72 Å². The van der Waals surface area contributed by atoms with Gasteiger partial charge in [-0.25, -0.2) is 21.6 Å². The largest absolute Gasteiger partial charge is 0.264 e. The van der Waals surface area contributed by atoms with Gasteiger partial charge in [0.25, 0.3) is 0 Å². The highest BCUT2D eigenvalue weighted by molar-refractivity contribution is 7.92. The number of hydrogen-bond donors (Lipinski definition) is 1. The summed E-state index contributed by atoms with van der Waals surface area (Å²) in [4.78, 5) is 4.11. The zero-order valence-electron chi connectivity index (χ0n) is 14.0. The van der Waals surface area contributed by atoms with Crippen LogP contribution in [0, 0.1) is 0 Å². The van der Waals surface area contributed by atoms with E-state index in [2.05, 4.69) is 9.71 Å². The average Bonchev–Trinajstić information content (AvgIpc) is 2.61. The second-order valence-corrected chi connectivity index (χ2v) is 9.71. The van der Waals surface area contributed by atoms with E-state index < -0.39 is 25.1 Å². The third-order valence-electron chi connectivity index (χ3n) is 3.76. The maximum Gasteiger partial charge on any atom is 0.211 e. The first-order valence-corrected chi connectivity index (χ1v) is 11.2. The number of nitrogens with zero attached hydrogens (tertiary/aromatic N) is 1. The van der Waals surface area contributed by atoms with Crippen molar-refractivity contribution in [3.8, 4) is 0 Å². The second kappa shape index (κ2) is 8.55. The third-order valence-corrected chi connectivity index (χ3v) is 7.31. The van der Waals surface area contributed by atoms with Crippen molar-refractivity contribution in [3.63, 3.8) is 0 Å². The van der Waals surface area contributed by atoms with E-state index in [0.717, 1.165) is 6.42 Å². The zero-order valence-corrected chi connectivity index (χ0v) is 15.6. The quantitative estimate of drug-likeness (QED) is 0.718. The van der Waals surface area contributed by atoms with Gasteiger partial charge in [-0.1, -0.05) is 37.6 Å². The molecule has 6 nitrogen and oxygen atoms in total. The molecule has 136 valence electrons. The first-order valence-electron chi connectivity index (χ1n) is 8.03. The Balaban J connectivity index is 2.32. The van der Waals surface area contributed by atoms with E-state index in [1.54, 1.807) is 36.5 Å². The number of nitrogens with one attached hydrogen (secondary N) is 1. The van der Waals surface area contributed by atoms with Crippen LogP contribution in [0.15, 0.2) is 59.8 Å². The van der Waals surface area contributed by atoms with Gasteiger partial charge in [0.2, 0.25) is 10.0 Å². The molecule has 0 aliphatic rings.